The molecule has 0 aromatic rings. The van der Waals surface area contributed by atoms with Crippen molar-refractivity contribution in [3.63, 3.8) is 0 Å². The fourth-order valence-corrected chi connectivity index (χ4v) is 4.27. The first-order valence-electron chi connectivity index (χ1n) is 6.77. The Bertz CT molecular complexity index is 231. The summed E-state index contributed by atoms with van der Waals surface area (Å²) in [6.07, 6.45) is 0. The molecule has 0 nitrogen and oxygen atoms in total. The Labute approximate surface area is 155 Å². The predicted octanol–water partition coefficient (Wildman–Crippen LogP) is 7.85. The van der Waals surface area contributed by atoms with E-state index in [9.17, 15) is 0 Å². The summed E-state index contributed by atoms with van der Waals surface area (Å²) in [4.78, 5) is 0. The fraction of sp³-hybridized carbons (Fsp3) is 0.500. The molecular weight excluding hydrogens is 416 g/mol. The van der Waals surface area contributed by atoms with Gasteiger partial charge < -0.3 is 0 Å². The van der Waals surface area contributed by atoms with E-state index in [1.54, 1.807) is 0 Å². The molecule has 2 rings (SSSR count). The molecule has 2 aliphatic rings. The van der Waals surface area contributed by atoms with E-state index in [0.29, 0.717) is 0 Å². The van der Waals surface area contributed by atoms with Crippen LogP contribution in [0.5, 0.6) is 0 Å². The molecule has 0 aliphatic carbocycles. The van der Waals surface area contributed by atoms with Gasteiger partial charge in [-0.3, -0.25) is 0 Å². The SMILES string of the molecule is C[C]1[P][C](C)[C](C)[C]1C.C[C]1[P][C](C)[C](C)[C]1C.[Cl][Zr+2][Cl]. The van der Waals surface area contributed by atoms with Gasteiger partial charge in [0.2, 0.25) is 0 Å². The Morgan fingerprint density at radius 3 is 0.714 bits per heavy atom. The topological polar surface area (TPSA) is 0 Å². The average molecular weight is 440 g/mol. The van der Waals surface area contributed by atoms with Crippen LogP contribution < -0.4 is 0 Å². The molecule has 0 unspecified atom stereocenters. The quantitative estimate of drug-likeness (QED) is 0.337. The van der Waals surface area contributed by atoms with Crippen molar-refractivity contribution >= 4 is 34.2 Å². The maximum absolute atomic E-state index is 4.93. The summed E-state index contributed by atoms with van der Waals surface area (Å²) in [6, 6.07) is 0. The molecule has 0 N–H and O–H groups in total. The van der Waals surface area contributed by atoms with Crippen molar-refractivity contribution in [1.29, 1.82) is 0 Å². The van der Waals surface area contributed by atoms with Crippen LogP contribution in [0.25, 0.3) is 0 Å². The predicted molar refractivity (Wildman–Crippen MR) is 96.9 cm³/mol. The number of rotatable bonds is 0. The van der Waals surface area contributed by atoms with Crippen LogP contribution in [0.2, 0.25) is 0 Å². The molecule has 0 saturated carbocycles. The van der Waals surface area contributed by atoms with E-state index in [4.69, 9.17) is 17.0 Å². The van der Waals surface area contributed by atoms with E-state index in [2.05, 4.69) is 55.4 Å². The molecule has 0 amide bonds. The third-order valence-electron chi connectivity index (χ3n) is 3.97. The van der Waals surface area contributed by atoms with Gasteiger partial charge in [-0.2, -0.15) is 0 Å². The third kappa shape index (κ3) is 7.83. The Morgan fingerprint density at radius 1 is 0.524 bits per heavy atom. The van der Waals surface area contributed by atoms with E-state index < -0.39 is 20.8 Å². The van der Waals surface area contributed by atoms with Crippen molar-refractivity contribution < 1.29 is 20.8 Å². The second kappa shape index (κ2) is 11.8. The first-order chi connectivity index (χ1) is 9.67. The van der Waals surface area contributed by atoms with Crippen molar-refractivity contribution in [3.05, 3.63) is 46.3 Å². The van der Waals surface area contributed by atoms with Crippen LogP contribution in [0.4, 0.5) is 0 Å². The number of hydrogen-bond donors (Lipinski definition) is 0. The summed E-state index contributed by atoms with van der Waals surface area (Å²) in [7, 11) is 12.7. The molecular formula is C16H24Cl2P2Zr+2. The van der Waals surface area contributed by atoms with E-state index in [1.807, 2.05) is 0 Å². The maximum atomic E-state index is 4.93. The van der Waals surface area contributed by atoms with Crippen molar-refractivity contribution in [2.24, 2.45) is 0 Å². The van der Waals surface area contributed by atoms with Gasteiger partial charge in [0.15, 0.2) is 0 Å². The Balaban J connectivity index is 0.000000322. The normalized spacial score (nSPS) is 24.5. The Hall–Kier alpha value is 2.32. The molecule has 10 radical (unpaired) electrons. The Morgan fingerprint density at radius 2 is 0.667 bits per heavy atom. The van der Waals surface area contributed by atoms with Gasteiger partial charge in [-0.05, 0) is 23.7 Å². The summed E-state index contributed by atoms with van der Waals surface area (Å²) in [5.41, 5.74) is 6.07. The van der Waals surface area contributed by atoms with Crippen molar-refractivity contribution in [2.45, 2.75) is 55.4 Å². The molecule has 0 bridgehead atoms. The first kappa shape index (κ1) is 23.3. The standard InChI is InChI=1S/2C8H12P.2ClH.Zr/c2*1-5-6(2)8(4)9-7(5)3;;;/h2*1-4H3;2*1H;/q;;;;+4/p-2. The van der Waals surface area contributed by atoms with Gasteiger partial charge in [0.1, 0.15) is 0 Å². The van der Waals surface area contributed by atoms with Crippen LogP contribution in [0, 0.1) is 46.3 Å². The van der Waals surface area contributed by atoms with E-state index in [1.165, 1.54) is 63.5 Å². The Kier molecular flexibility index (Phi) is 13.1. The summed E-state index contributed by atoms with van der Waals surface area (Å²) in [5.74, 6) is 5.98. The minimum absolute atomic E-state index is 0.826. The number of halogens is 2. The summed E-state index contributed by atoms with van der Waals surface area (Å²) in [6.45, 7) is 17.6. The van der Waals surface area contributed by atoms with Crippen molar-refractivity contribution in [3.8, 4) is 0 Å². The van der Waals surface area contributed by atoms with Gasteiger partial charge in [0.05, 0.1) is 0 Å². The van der Waals surface area contributed by atoms with Crippen LogP contribution in [0.15, 0.2) is 0 Å². The van der Waals surface area contributed by atoms with Crippen molar-refractivity contribution in [2.75, 3.05) is 0 Å². The zero-order chi connectivity index (χ0) is 16.7. The first-order valence-corrected chi connectivity index (χ1v) is 14.9. The molecule has 2 saturated heterocycles. The second-order valence-corrected chi connectivity index (χ2v) is 12.0. The van der Waals surface area contributed by atoms with Crippen LogP contribution in [-0.4, -0.2) is 0 Å². The monoisotopic (exact) mass is 438 g/mol. The van der Waals surface area contributed by atoms with Crippen LogP contribution in [0.1, 0.15) is 55.4 Å². The number of hydrogen-bond acceptors (Lipinski definition) is 0. The summed E-state index contributed by atoms with van der Waals surface area (Å²) < 4.78 is 0. The van der Waals surface area contributed by atoms with Gasteiger partial charge in [-0.25, -0.2) is 0 Å². The van der Waals surface area contributed by atoms with E-state index >= 15 is 0 Å². The van der Waals surface area contributed by atoms with Gasteiger partial charge in [0, 0.05) is 22.6 Å². The second-order valence-electron chi connectivity index (χ2n) is 5.14. The molecule has 2 heterocycles. The van der Waals surface area contributed by atoms with Crippen LogP contribution in [-0.2, 0) is 20.8 Å². The van der Waals surface area contributed by atoms with Crippen molar-refractivity contribution in [1.82, 2.24) is 0 Å². The fourth-order valence-electron chi connectivity index (χ4n) is 1.92. The van der Waals surface area contributed by atoms with E-state index in [-0.39, 0.29) is 0 Å². The third-order valence-corrected chi connectivity index (χ3v) is 6.65. The molecule has 21 heavy (non-hydrogen) atoms. The van der Waals surface area contributed by atoms with Gasteiger partial charge in [-0.15, -0.1) is 0 Å². The summed E-state index contributed by atoms with van der Waals surface area (Å²) in [5, 5.41) is 0. The molecule has 0 atom stereocenters. The zero-order valence-electron chi connectivity index (χ0n) is 14.2. The average Bonchev–Trinajstić information content (AvgIpc) is 2.77. The van der Waals surface area contributed by atoms with Crippen LogP contribution >= 0.6 is 34.2 Å². The molecule has 0 spiro atoms. The minimum atomic E-state index is -0.826. The van der Waals surface area contributed by atoms with Crippen LogP contribution in [0.3, 0.4) is 0 Å². The van der Waals surface area contributed by atoms with Gasteiger partial charge >= 0.3 is 37.9 Å². The molecule has 2 fully saturated rings. The van der Waals surface area contributed by atoms with E-state index in [0.717, 1.165) is 0 Å². The molecule has 114 valence electrons. The molecule has 0 aromatic heterocycles. The zero-order valence-corrected chi connectivity index (χ0v) is 19.9. The molecule has 2 aliphatic heterocycles. The molecule has 5 heteroatoms. The molecule has 0 aromatic carbocycles. The van der Waals surface area contributed by atoms with Gasteiger partial charge in [0.25, 0.3) is 0 Å². The summed E-state index contributed by atoms with van der Waals surface area (Å²) >= 11 is -0.826. The van der Waals surface area contributed by atoms with Gasteiger partial charge in [-0.1, -0.05) is 72.6 Å².